The molecule has 1 atom stereocenters. The molecule has 0 aromatic heterocycles. The molecule has 0 heterocycles. The van der Waals surface area contributed by atoms with Crippen molar-refractivity contribution in [2.24, 2.45) is 5.16 Å². The van der Waals surface area contributed by atoms with Crippen LogP contribution >= 0.6 is 15.9 Å². The first-order chi connectivity index (χ1) is 21.4. The van der Waals surface area contributed by atoms with Crippen molar-refractivity contribution in [3.63, 3.8) is 0 Å². The number of hydrogen-bond donors (Lipinski definition) is 2. The molecular weight excluding hydrogens is 654 g/mol. The van der Waals surface area contributed by atoms with Crippen molar-refractivity contribution < 1.29 is 22.3 Å². The molecule has 4 aromatic rings. The van der Waals surface area contributed by atoms with Crippen LogP contribution in [-0.2, 0) is 31.0 Å². The lowest BCUT2D eigenvalue weighted by molar-refractivity contribution is -0.117. The molecule has 2 N–H and O–H groups in total. The number of carbonyl (C=O) groups is 2. The monoisotopic (exact) mass is 685 g/mol. The van der Waals surface area contributed by atoms with Gasteiger partial charge in [0.1, 0.15) is 16.6 Å². The van der Waals surface area contributed by atoms with E-state index in [4.69, 9.17) is 4.28 Å². The molecule has 230 valence electrons. The molecule has 1 aliphatic rings. The highest BCUT2D eigenvalue weighted by Crippen LogP contribution is 2.26. The molecule has 1 aliphatic carbocycles. The number of anilines is 1. The van der Waals surface area contributed by atoms with Crippen molar-refractivity contribution in [1.29, 1.82) is 0 Å². The lowest BCUT2D eigenvalue weighted by Gasteiger charge is -2.24. The van der Waals surface area contributed by atoms with Gasteiger partial charge in [0.05, 0.1) is 5.70 Å². The lowest BCUT2D eigenvalue weighted by atomic mass is 9.87. The number of halogens is 1. The Morgan fingerprint density at radius 3 is 2.22 bits per heavy atom. The van der Waals surface area contributed by atoms with E-state index in [-0.39, 0.29) is 39.8 Å². The molecule has 0 fully saturated rings. The minimum atomic E-state index is -4.26. The molecule has 0 saturated carbocycles. The van der Waals surface area contributed by atoms with Gasteiger partial charge < -0.3 is 10.6 Å². The number of allylic oxidation sites excluding steroid dienone is 2. The zero-order chi connectivity index (χ0) is 32.2. The summed E-state index contributed by atoms with van der Waals surface area (Å²) in [5, 5.41) is 10.0. The number of benzene rings is 4. The van der Waals surface area contributed by atoms with Crippen LogP contribution in [0, 0.1) is 0 Å². The first kappa shape index (κ1) is 31.9. The van der Waals surface area contributed by atoms with Crippen molar-refractivity contribution >= 4 is 49.1 Å². The molecule has 5 rings (SSSR count). The SMILES string of the molecule is CC(C)(C)c1ccc(S(=O)(=O)ON=C2C=C(NC(Cc3ccccc3)C(=O)Nc3cccc(Br)c3)C(=O)c3ccccc32)cc1. The van der Waals surface area contributed by atoms with Crippen LogP contribution in [0.1, 0.15) is 47.8 Å². The van der Waals surface area contributed by atoms with Gasteiger partial charge in [-0.15, -0.1) is 0 Å². The summed E-state index contributed by atoms with van der Waals surface area (Å²) in [6.07, 6.45) is 1.68. The standard InChI is InChI=1S/C35H32BrN3O5S/c1-35(2,3)24-16-18-27(19-17-24)45(42,43)44-39-30-22-31(33(40)29-15-8-7-14-28(29)30)38-32(20-23-10-5-4-6-11-23)34(41)37-26-13-9-12-25(36)21-26/h4-19,21-22,32,38H,20H2,1-3H3,(H,37,41). The molecule has 1 amide bonds. The number of oxime groups is 1. The second-order valence-electron chi connectivity index (χ2n) is 11.6. The number of rotatable bonds is 9. The maximum atomic E-state index is 13.6. The van der Waals surface area contributed by atoms with E-state index < -0.39 is 16.2 Å². The minimum Gasteiger partial charge on any atom is -0.370 e. The maximum absolute atomic E-state index is 13.6. The fourth-order valence-electron chi connectivity index (χ4n) is 4.81. The van der Waals surface area contributed by atoms with Crippen LogP contribution in [0.25, 0.3) is 0 Å². The quantitative estimate of drug-likeness (QED) is 0.188. The number of carbonyl (C=O) groups excluding carboxylic acids is 2. The number of nitrogens with zero attached hydrogens (tertiary/aromatic N) is 1. The summed E-state index contributed by atoms with van der Waals surface area (Å²) in [5.74, 6) is -0.723. The van der Waals surface area contributed by atoms with Gasteiger partial charge in [-0.05, 0) is 52.9 Å². The molecule has 0 bridgehead atoms. The summed E-state index contributed by atoms with van der Waals surface area (Å²) < 4.78 is 32.1. The number of amides is 1. The number of hydrogen-bond acceptors (Lipinski definition) is 7. The number of fused-ring (bicyclic) bond motifs is 1. The van der Waals surface area contributed by atoms with Crippen molar-refractivity contribution in [1.82, 2.24) is 5.32 Å². The molecule has 0 aliphatic heterocycles. The van der Waals surface area contributed by atoms with E-state index in [1.165, 1.54) is 18.2 Å². The van der Waals surface area contributed by atoms with Gasteiger partial charge >= 0.3 is 10.1 Å². The van der Waals surface area contributed by atoms with Crippen LogP contribution in [0.2, 0.25) is 0 Å². The predicted molar refractivity (Wildman–Crippen MR) is 179 cm³/mol. The molecule has 0 saturated heterocycles. The van der Waals surface area contributed by atoms with Gasteiger partial charge in [-0.1, -0.05) is 115 Å². The molecule has 0 spiro atoms. The Morgan fingerprint density at radius 2 is 1.56 bits per heavy atom. The van der Waals surface area contributed by atoms with Gasteiger partial charge in [-0.2, -0.15) is 8.42 Å². The average Bonchev–Trinajstić information content (AvgIpc) is 3.01. The van der Waals surface area contributed by atoms with Gasteiger partial charge in [0.25, 0.3) is 0 Å². The zero-order valence-electron chi connectivity index (χ0n) is 25.0. The Bertz CT molecular complexity index is 1900. The number of Topliss-reactive ketones (excluding diaryl/α,β-unsaturated/α-hetero) is 1. The molecule has 1 unspecified atom stereocenters. The average molecular weight is 687 g/mol. The molecule has 0 radical (unpaired) electrons. The van der Waals surface area contributed by atoms with E-state index in [0.717, 1.165) is 15.6 Å². The van der Waals surface area contributed by atoms with E-state index in [2.05, 4.69) is 31.7 Å². The minimum absolute atomic E-state index is 0.0468. The summed E-state index contributed by atoms with van der Waals surface area (Å²) in [7, 11) is -4.26. The highest BCUT2D eigenvalue weighted by molar-refractivity contribution is 9.10. The molecule has 4 aromatic carbocycles. The Hall–Kier alpha value is -4.54. The van der Waals surface area contributed by atoms with Crippen LogP contribution < -0.4 is 10.6 Å². The number of nitrogens with one attached hydrogen (secondary N) is 2. The third-order valence-corrected chi connectivity index (χ3v) is 8.85. The van der Waals surface area contributed by atoms with Crippen molar-refractivity contribution in [2.75, 3.05) is 5.32 Å². The highest BCUT2D eigenvalue weighted by atomic mass is 79.9. The van der Waals surface area contributed by atoms with Crippen molar-refractivity contribution in [3.05, 3.63) is 142 Å². The van der Waals surface area contributed by atoms with E-state index in [1.807, 2.05) is 57.2 Å². The maximum Gasteiger partial charge on any atom is 0.358 e. The normalized spacial score (nSPS) is 14.7. The summed E-state index contributed by atoms with van der Waals surface area (Å²) in [6, 6.07) is 28.9. The van der Waals surface area contributed by atoms with Crippen molar-refractivity contribution in [3.8, 4) is 0 Å². The second kappa shape index (κ2) is 13.2. The van der Waals surface area contributed by atoms with E-state index in [1.54, 1.807) is 54.6 Å². The lowest BCUT2D eigenvalue weighted by Crippen LogP contribution is -2.44. The number of ketones is 1. The Labute approximate surface area is 271 Å². The van der Waals surface area contributed by atoms with Gasteiger partial charge in [-0.25, -0.2) is 0 Å². The summed E-state index contributed by atoms with van der Waals surface area (Å²) in [5.41, 5.74) is 3.18. The summed E-state index contributed by atoms with van der Waals surface area (Å²) in [6.45, 7) is 6.11. The summed E-state index contributed by atoms with van der Waals surface area (Å²) >= 11 is 3.42. The molecule has 10 heteroatoms. The fourth-order valence-corrected chi connectivity index (χ4v) is 5.94. The Kier molecular flexibility index (Phi) is 9.36. The third kappa shape index (κ3) is 7.76. The fraction of sp³-hybridized carbons (Fsp3) is 0.171. The second-order valence-corrected chi connectivity index (χ2v) is 14.0. The van der Waals surface area contributed by atoms with Gasteiger partial charge in [0.15, 0.2) is 0 Å². The molecule has 8 nitrogen and oxygen atoms in total. The first-order valence-corrected chi connectivity index (χ1v) is 16.5. The topological polar surface area (TPSA) is 114 Å². The third-order valence-electron chi connectivity index (χ3n) is 7.24. The van der Waals surface area contributed by atoms with Crippen LogP contribution in [0.3, 0.4) is 0 Å². The Balaban J connectivity index is 1.46. The molecule has 45 heavy (non-hydrogen) atoms. The van der Waals surface area contributed by atoms with E-state index in [0.29, 0.717) is 16.8 Å². The highest BCUT2D eigenvalue weighted by Gasteiger charge is 2.29. The van der Waals surface area contributed by atoms with Gasteiger partial charge in [0.2, 0.25) is 11.7 Å². The predicted octanol–water partition coefficient (Wildman–Crippen LogP) is 6.78. The van der Waals surface area contributed by atoms with Crippen LogP contribution in [0.4, 0.5) is 5.69 Å². The zero-order valence-corrected chi connectivity index (χ0v) is 27.4. The van der Waals surface area contributed by atoms with Crippen LogP contribution in [-0.4, -0.2) is 31.9 Å². The largest absolute Gasteiger partial charge is 0.370 e. The summed E-state index contributed by atoms with van der Waals surface area (Å²) in [4.78, 5) is 27.2. The van der Waals surface area contributed by atoms with Crippen LogP contribution in [0.15, 0.2) is 129 Å². The first-order valence-electron chi connectivity index (χ1n) is 14.3. The van der Waals surface area contributed by atoms with Gasteiger partial charge in [-0.3, -0.25) is 13.9 Å². The van der Waals surface area contributed by atoms with E-state index in [9.17, 15) is 18.0 Å². The van der Waals surface area contributed by atoms with E-state index >= 15 is 0 Å². The van der Waals surface area contributed by atoms with Crippen LogP contribution in [0.5, 0.6) is 0 Å². The molecular formula is C35H32BrN3O5S. The van der Waals surface area contributed by atoms with Gasteiger partial charge in [0, 0.05) is 27.7 Å². The smallest absolute Gasteiger partial charge is 0.358 e. The Morgan fingerprint density at radius 1 is 0.889 bits per heavy atom. The van der Waals surface area contributed by atoms with Crippen molar-refractivity contribution in [2.45, 2.75) is 43.5 Å².